The van der Waals surface area contributed by atoms with Gasteiger partial charge in [0.15, 0.2) is 0 Å². The Balaban J connectivity index is 2.02. The number of hydrogen-bond acceptors (Lipinski definition) is 3. The van der Waals surface area contributed by atoms with Crippen LogP contribution in [0.15, 0.2) is 18.2 Å². The largest absolute Gasteiger partial charge is 0.508 e. The zero-order valence-electron chi connectivity index (χ0n) is 9.86. The van der Waals surface area contributed by atoms with E-state index < -0.39 is 0 Å². The van der Waals surface area contributed by atoms with Gasteiger partial charge < -0.3 is 15.5 Å². The van der Waals surface area contributed by atoms with Gasteiger partial charge in [0.25, 0.3) is 5.91 Å². The van der Waals surface area contributed by atoms with Crippen molar-refractivity contribution >= 4 is 5.91 Å². The summed E-state index contributed by atoms with van der Waals surface area (Å²) >= 11 is 0. The molecule has 1 fully saturated rings. The molecule has 0 bridgehead atoms. The molecule has 3 N–H and O–H groups in total. The lowest BCUT2D eigenvalue weighted by Crippen LogP contribution is -2.29. The van der Waals surface area contributed by atoms with Gasteiger partial charge in [-0.05, 0) is 42.9 Å². The van der Waals surface area contributed by atoms with E-state index in [0.29, 0.717) is 6.54 Å². The van der Waals surface area contributed by atoms with Crippen LogP contribution in [-0.2, 0) is 0 Å². The fourth-order valence-electron chi connectivity index (χ4n) is 1.90. The fourth-order valence-corrected chi connectivity index (χ4v) is 1.90. The highest BCUT2D eigenvalue weighted by atomic mass is 16.3. The van der Waals surface area contributed by atoms with Crippen LogP contribution < -0.4 is 5.32 Å². The zero-order chi connectivity index (χ0) is 12.5. The number of nitrogens with one attached hydrogen (secondary N) is 1. The van der Waals surface area contributed by atoms with Crippen molar-refractivity contribution in [1.29, 1.82) is 0 Å². The Kier molecular flexibility index (Phi) is 2.96. The number of carbonyl (C=O) groups is 1. The third-order valence-electron chi connectivity index (χ3n) is 3.56. The Hall–Kier alpha value is -1.71. The molecule has 1 aromatic rings. The molecule has 0 aromatic heterocycles. The first-order chi connectivity index (χ1) is 8.06. The van der Waals surface area contributed by atoms with Crippen molar-refractivity contribution in [1.82, 2.24) is 5.32 Å². The van der Waals surface area contributed by atoms with Crippen molar-refractivity contribution in [2.75, 3.05) is 6.54 Å². The first kappa shape index (κ1) is 11.8. The van der Waals surface area contributed by atoms with Crippen LogP contribution in [0.3, 0.4) is 0 Å². The van der Waals surface area contributed by atoms with Crippen LogP contribution in [0.1, 0.15) is 36.5 Å². The number of phenolic OH excluding ortho intramolecular Hbond substituents is 2. The predicted octanol–water partition coefficient (Wildman–Crippen LogP) is 2.02. The van der Waals surface area contributed by atoms with Gasteiger partial charge in [0.1, 0.15) is 11.5 Å². The first-order valence-electron chi connectivity index (χ1n) is 5.86. The molecule has 0 aliphatic heterocycles. The topological polar surface area (TPSA) is 69.6 Å². The SMILES string of the molecule is CCC1(CNC(=O)c2cc(O)ccc2O)CC1. The maximum Gasteiger partial charge on any atom is 0.255 e. The smallest absolute Gasteiger partial charge is 0.255 e. The summed E-state index contributed by atoms with van der Waals surface area (Å²) in [4.78, 5) is 11.8. The van der Waals surface area contributed by atoms with Gasteiger partial charge >= 0.3 is 0 Å². The monoisotopic (exact) mass is 235 g/mol. The number of phenols is 2. The molecule has 1 aromatic carbocycles. The standard InChI is InChI=1S/C13H17NO3/c1-2-13(5-6-13)8-14-12(17)10-7-9(15)3-4-11(10)16/h3-4,7,15-16H,2,5-6,8H2,1H3,(H,14,17). The number of benzene rings is 1. The Bertz CT molecular complexity index is 438. The minimum Gasteiger partial charge on any atom is -0.508 e. The van der Waals surface area contributed by atoms with Gasteiger partial charge in [0.2, 0.25) is 0 Å². The van der Waals surface area contributed by atoms with Gasteiger partial charge in [-0.2, -0.15) is 0 Å². The van der Waals surface area contributed by atoms with Crippen LogP contribution in [0.25, 0.3) is 0 Å². The second-order valence-electron chi connectivity index (χ2n) is 4.74. The molecule has 0 spiro atoms. The van der Waals surface area contributed by atoms with Gasteiger partial charge in [-0.25, -0.2) is 0 Å². The lowest BCUT2D eigenvalue weighted by Gasteiger charge is -2.13. The van der Waals surface area contributed by atoms with Crippen LogP contribution in [-0.4, -0.2) is 22.7 Å². The van der Waals surface area contributed by atoms with E-state index >= 15 is 0 Å². The fraction of sp³-hybridized carbons (Fsp3) is 0.462. The van der Waals surface area contributed by atoms with E-state index in [1.807, 2.05) is 0 Å². The van der Waals surface area contributed by atoms with Crippen LogP contribution >= 0.6 is 0 Å². The summed E-state index contributed by atoms with van der Waals surface area (Å²) in [7, 11) is 0. The van der Waals surface area contributed by atoms with Crippen molar-refractivity contribution in [3.8, 4) is 11.5 Å². The van der Waals surface area contributed by atoms with E-state index in [4.69, 9.17) is 0 Å². The minimum absolute atomic E-state index is 0.0235. The Morgan fingerprint density at radius 2 is 2.12 bits per heavy atom. The minimum atomic E-state index is -0.335. The van der Waals surface area contributed by atoms with Gasteiger partial charge in [0, 0.05) is 6.54 Å². The Labute approximate surface area is 100 Å². The highest BCUT2D eigenvalue weighted by Gasteiger charge is 2.40. The molecule has 0 atom stereocenters. The van der Waals surface area contributed by atoms with Crippen LogP contribution in [0, 0.1) is 5.41 Å². The molecule has 4 nitrogen and oxygen atoms in total. The van der Waals surface area contributed by atoms with Gasteiger partial charge in [-0.3, -0.25) is 4.79 Å². The Morgan fingerprint density at radius 1 is 1.41 bits per heavy atom. The van der Waals surface area contributed by atoms with E-state index in [0.717, 1.165) is 19.3 Å². The quantitative estimate of drug-likeness (QED) is 0.699. The highest BCUT2D eigenvalue weighted by Crippen LogP contribution is 2.47. The van der Waals surface area contributed by atoms with Crippen LogP contribution in [0.2, 0.25) is 0 Å². The average Bonchev–Trinajstić information content (AvgIpc) is 3.10. The second-order valence-corrected chi connectivity index (χ2v) is 4.74. The molecule has 0 unspecified atom stereocenters. The molecular weight excluding hydrogens is 218 g/mol. The van der Waals surface area contributed by atoms with Gasteiger partial charge in [-0.15, -0.1) is 0 Å². The molecule has 0 radical (unpaired) electrons. The molecule has 0 saturated heterocycles. The molecule has 1 aliphatic rings. The summed E-state index contributed by atoms with van der Waals surface area (Å²) in [5.74, 6) is -0.468. The van der Waals surface area contributed by atoms with E-state index in [1.165, 1.54) is 18.2 Å². The highest BCUT2D eigenvalue weighted by molar-refractivity contribution is 5.97. The van der Waals surface area contributed by atoms with Gasteiger partial charge in [-0.1, -0.05) is 6.92 Å². The number of rotatable bonds is 4. The molecular formula is C13H17NO3. The molecule has 4 heteroatoms. The third-order valence-corrected chi connectivity index (χ3v) is 3.56. The van der Waals surface area contributed by atoms with Crippen molar-refractivity contribution in [3.05, 3.63) is 23.8 Å². The van der Waals surface area contributed by atoms with Crippen molar-refractivity contribution in [2.45, 2.75) is 26.2 Å². The summed E-state index contributed by atoms with van der Waals surface area (Å²) in [6.07, 6.45) is 3.35. The average molecular weight is 235 g/mol. The molecule has 1 aliphatic carbocycles. The lowest BCUT2D eigenvalue weighted by molar-refractivity contribution is 0.0941. The molecule has 2 rings (SSSR count). The molecule has 0 heterocycles. The molecule has 1 amide bonds. The summed E-state index contributed by atoms with van der Waals surface area (Å²) in [6, 6.07) is 3.94. The van der Waals surface area contributed by atoms with Crippen molar-refractivity contribution in [3.63, 3.8) is 0 Å². The van der Waals surface area contributed by atoms with Crippen molar-refractivity contribution in [2.24, 2.45) is 5.41 Å². The number of amides is 1. The maximum absolute atomic E-state index is 11.8. The third kappa shape index (κ3) is 2.52. The number of aromatic hydroxyl groups is 2. The molecule has 92 valence electrons. The van der Waals surface area contributed by atoms with Gasteiger partial charge in [0.05, 0.1) is 5.56 Å². The first-order valence-corrected chi connectivity index (χ1v) is 5.86. The number of hydrogen-bond donors (Lipinski definition) is 3. The zero-order valence-corrected chi connectivity index (χ0v) is 9.86. The lowest BCUT2D eigenvalue weighted by atomic mass is 10.0. The Morgan fingerprint density at radius 3 is 2.71 bits per heavy atom. The predicted molar refractivity (Wildman–Crippen MR) is 64.1 cm³/mol. The van der Waals surface area contributed by atoms with Crippen molar-refractivity contribution < 1.29 is 15.0 Å². The van der Waals surface area contributed by atoms with Crippen LogP contribution in [0.4, 0.5) is 0 Å². The maximum atomic E-state index is 11.8. The summed E-state index contributed by atoms with van der Waals surface area (Å²) in [5.41, 5.74) is 0.388. The molecule has 17 heavy (non-hydrogen) atoms. The second kappa shape index (κ2) is 4.28. The summed E-state index contributed by atoms with van der Waals surface area (Å²) in [6.45, 7) is 2.75. The normalized spacial score (nSPS) is 16.5. The summed E-state index contributed by atoms with van der Waals surface area (Å²) in [5, 5.41) is 21.6. The van der Waals surface area contributed by atoms with Crippen LogP contribution in [0.5, 0.6) is 11.5 Å². The van der Waals surface area contributed by atoms with E-state index in [2.05, 4.69) is 12.2 Å². The van der Waals surface area contributed by atoms with E-state index in [9.17, 15) is 15.0 Å². The summed E-state index contributed by atoms with van der Waals surface area (Å²) < 4.78 is 0. The van der Waals surface area contributed by atoms with E-state index in [-0.39, 0.29) is 28.4 Å². The van der Waals surface area contributed by atoms with E-state index in [1.54, 1.807) is 0 Å². The molecule has 1 saturated carbocycles. The number of carbonyl (C=O) groups excluding carboxylic acids is 1.